The number of hydrogen-bond donors (Lipinski definition) is 3. The van der Waals surface area contributed by atoms with Crippen LogP contribution in [-0.4, -0.2) is 35.1 Å². The van der Waals surface area contributed by atoms with Gasteiger partial charge in [-0.15, -0.1) is 0 Å². The van der Waals surface area contributed by atoms with Gasteiger partial charge in [-0.1, -0.05) is 0 Å². The highest BCUT2D eigenvalue weighted by atomic mass is 16.4. The Bertz CT molecular complexity index is 221. The summed E-state index contributed by atoms with van der Waals surface area (Å²) in [6.45, 7) is 7.03. The van der Waals surface area contributed by atoms with Crippen molar-refractivity contribution in [1.29, 1.82) is 0 Å². The number of carboxylic acids is 1. The minimum atomic E-state index is -0.972. The summed E-state index contributed by atoms with van der Waals surface area (Å²) in [6.07, 6.45) is 0. The summed E-state index contributed by atoms with van der Waals surface area (Å²) < 4.78 is 0. The van der Waals surface area contributed by atoms with Gasteiger partial charge in [0.2, 0.25) is 5.91 Å². The van der Waals surface area contributed by atoms with E-state index in [0.29, 0.717) is 0 Å². The van der Waals surface area contributed by atoms with E-state index in [4.69, 9.17) is 5.11 Å². The highest BCUT2D eigenvalue weighted by Crippen LogP contribution is 1.98. The molecule has 0 bridgehead atoms. The summed E-state index contributed by atoms with van der Waals surface area (Å²) in [7, 11) is 0. The SMILES string of the molecule is CC(NCC(=O)O)C(=O)NC(C)(C)C. The summed E-state index contributed by atoms with van der Waals surface area (Å²) >= 11 is 0. The summed E-state index contributed by atoms with van der Waals surface area (Å²) in [5.41, 5.74) is -0.295. The second-order valence-electron chi connectivity index (χ2n) is 4.24. The van der Waals surface area contributed by atoms with Gasteiger partial charge in [-0.05, 0) is 27.7 Å². The van der Waals surface area contributed by atoms with Crippen molar-refractivity contribution in [2.45, 2.75) is 39.3 Å². The van der Waals surface area contributed by atoms with Crippen molar-refractivity contribution in [2.75, 3.05) is 6.54 Å². The number of amides is 1. The number of carboxylic acid groups (broad SMARTS) is 1. The number of carbonyl (C=O) groups is 2. The third kappa shape index (κ3) is 6.42. The van der Waals surface area contributed by atoms with Gasteiger partial charge >= 0.3 is 5.97 Å². The summed E-state index contributed by atoms with van der Waals surface area (Å²) in [6, 6.07) is -0.495. The second kappa shape index (κ2) is 4.95. The van der Waals surface area contributed by atoms with Gasteiger partial charge in [-0.25, -0.2) is 0 Å². The minimum absolute atomic E-state index is 0.196. The van der Waals surface area contributed by atoms with Gasteiger partial charge in [0, 0.05) is 5.54 Å². The van der Waals surface area contributed by atoms with E-state index in [1.165, 1.54) is 0 Å². The highest BCUT2D eigenvalue weighted by molar-refractivity contribution is 5.82. The molecule has 0 aromatic carbocycles. The number of rotatable bonds is 4. The Hall–Kier alpha value is -1.10. The molecule has 0 aromatic heterocycles. The molecule has 0 fully saturated rings. The first kappa shape index (κ1) is 12.9. The Labute approximate surface area is 83.9 Å². The lowest BCUT2D eigenvalue weighted by molar-refractivity contribution is -0.136. The average Bonchev–Trinajstić information content (AvgIpc) is 1.96. The van der Waals surface area contributed by atoms with E-state index >= 15 is 0 Å². The van der Waals surface area contributed by atoms with Gasteiger partial charge in [0.25, 0.3) is 0 Å². The third-order valence-corrected chi connectivity index (χ3v) is 1.45. The normalized spacial score (nSPS) is 13.4. The van der Waals surface area contributed by atoms with E-state index in [1.54, 1.807) is 6.92 Å². The van der Waals surface area contributed by atoms with E-state index in [1.807, 2.05) is 20.8 Å². The lowest BCUT2D eigenvalue weighted by Gasteiger charge is -2.23. The summed E-state index contributed by atoms with van der Waals surface area (Å²) in [5, 5.41) is 13.7. The van der Waals surface area contributed by atoms with Crippen LogP contribution in [-0.2, 0) is 9.59 Å². The Balaban J connectivity index is 3.94. The van der Waals surface area contributed by atoms with E-state index in [2.05, 4.69) is 10.6 Å². The molecule has 0 saturated heterocycles. The molecule has 0 rings (SSSR count). The molecule has 1 amide bonds. The molecular weight excluding hydrogens is 184 g/mol. The molecule has 3 N–H and O–H groups in total. The molecule has 82 valence electrons. The molecule has 0 aromatic rings. The van der Waals surface area contributed by atoms with Crippen molar-refractivity contribution in [3.8, 4) is 0 Å². The number of aliphatic carboxylic acids is 1. The van der Waals surface area contributed by atoms with E-state index < -0.39 is 12.0 Å². The van der Waals surface area contributed by atoms with Crippen molar-refractivity contribution in [3.05, 3.63) is 0 Å². The smallest absolute Gasteiger partial charge is 0.317 e. The van der Waals surface area contributed by atoms with Crippen LogP contribution in [0.5, 0.6) is 0 Å². The van der Waals surface area contributed by atoms with Crippen LogP contribution in [0.15, 0.2) is 0 Å². The van der Waals surface area contributed by atoms with E-state index in [0.717, 1.165) is 0 Å². The van der Waals surface area contributed by atoms with Crippen molar-refractivity contribution in [2.24, 2.45) is 0 Å². The standard InChI is InChI=1S/C9H18N2O3/c1-6(10-5-7(12)13)8(14)11-9(2,3)4/h6,10H,5H2,1-4H3,(H,11,14)(H,12,13). The molecule has 0 heterocycles. The highest BCUT2D eigenvalue weighted by Gasteiger charge is 2.18. The molecule has 1 unspecified atom stereocenters. The molecular formula is C9H18N2O3. The second-order valence-corrected chi connectivity index (χ2v) is 4.24. The Morgan fingerprint density at radius 2 is 1.86 bits per heavy atom. The minimum Gasteiger partial charge on any atom is -0.480 e. The maximum absolute atomic E-state index is 11.4. The number of carbonyl (C=O) groups excluding carboxylic acids is 1. The zero-order valence-electron chi connectivity index (χ0n) is 9.05. The van der Waals surface area contributed by atoms with Crippen LogP contribution in [0, 0.1) is 0 Å². The van der Waals surface area contributed by atoms with Crippen LogP contribution in [0.25, 0.3) is 0 Å². The fourth-order valence-corrected chi connectivity index (χ4v) is 0.811. The quantitative estimate of drug-likeness (QED) is 0.598. The molecule has 0 spiro atoms. The van der Waals surface area contributed by atoms with Crippen LogP contribution in [0.2, 0.25) is 0 Å². The van der Waals surface area contributed by atoms with Crippen LogP contribution >= 0.6 is 0 Å². The van der Waals surface area contributed by atoms with Gasteiger partial charge in [0.15, 0.2) is 0 Å². The molecule has 0 radical (unpaired) electrons. The van der Waals surface area contributed by atoms with E-state index in [-0.39, 0.29) is 18.0 Å². The molecule has 0 aliphatic carbocycles. The molecule has 0 saturated carbocycles. The van der Waals surface area contributed by atoms with Gasteiger partial charge < -0.3 is 10.4 Å². The average molecular weight is 202 g/mol. The Morgan fingerprint density at radius 3 is 2.21 bits per heavy atom. The van der Waals surface area contributed by atoms with Crippen LogP contribution < -0.4 is 10.6 Å². The predicted octanol–water partition coefficient (Wildman–Crippen LogP) is -0.0362. The molecule has 1 atom stereocenters. The van der Waals surface area contributed by atoms with Gasteiger partial charge in [0.1, 0.15) is 0 Å². The summed E-state index contributed by atoms with van der Waals surface area (Å²) in [5.74, 6) is -1.17. The molecule has 0 aliphatic rings. The molecule has 0 aliphatic heterocycles. The third-order valence-electron chi connectivity index (χ3n) is 1.45. The Kier molecular flexibility index (Phi) is 4.56. The first-order valence-electron chi connectivity index (χ1n) is 4.49. The monoisotopic (exact) mass is 202 g/mol. The zero-order valence-corrected chi connectivity index (χ0v) is 9.05. The largest absolute Gasteiger partial charge is 0.480 e. The number of nitrogens with one attached hydrogen (secondary N) is 2. The first-order chi connectivity index (χ1) is 6.22. The lowest BCUT2D eigenvalue weighted by atomic mass is 10.1. The van der Waals surface area contributed by atoms with E-state index in [9.17, 15) is 9.59 Å². The van der Waals surface area contributed by atoms with Crippen molar-refractivity contribution in [3.63, 3.8) is 0 Å². The van der Waals surface area contributed by atoms with Crippen LogP contribution in [0.3, 0.4) is 0 Å². The maximum atomic E-state index is 11.4. The van der Waals surface area contributed by atoms with Crippen LogP contribution in [0.4, 0.5) is 0 Å². The fraction of sp³-hybridized carbons (Fsp3) is 0.778. The van der Waals surface area contributed by atoms with Gasteiger partial charge in [-0.3, -0.25) is 14.9 Å². The molecule has 5 heteroatoms. The van der Waals surface area contributed by atoms with Crippen molar-refractivity contribution < 1.29 is 14.7 Å². The topological polar surface area (TPSA) is 78.4 Å². The predicted molar refractivity (Wildman–Crippen MR) is 53.0 cm³/mol. The van der Waals surface area contributed by atoms with Gasteiger partial charge in [-0.2, -0.15) is 0 Å². The Morgan fingerprint density at radius 1 is 1.36 bits per heavy atom. The summed E-state index contributed by atoms with van der Waals surface area (Å²) in [4.78, 5) is 21.6. The zero-order chi connectivity index (χ0) is 11.4. The lowest BCUT2D eigenvalue weighted by Crippen LogP contribution is -2.50. The van der Waals surface area contributed by atoms with Crippen molar-refractivity contribution in [1.82, 2.24) is 10.6 Å². The van der Waals surface area contributed by atoms with Crippen LogP contribution in [0.1, 0.15) is 27.7 Å². The maximum Gasteiger partial charge on any atom is 0.317 e. The number of hydrogen-bond acceptors (Lipinski definition) is 3. The first-order valence-corrected chi connectivity index (χ1v) is 4.49. The van der Waals surface area contributed by atoms with Crippen molar-refractivity contribution >= 4 is 11.9 Å². The molecule has 14 heavy (non-hydrogen) atoms. The van der Waals surface area contributed by atoms with Gasteiger partial charge in [0.05, 0.1) is 12.6 Å². The fourth-order valence-electron chi connectivity index (χ4n) is 0.811. The molecule has 5 nitrogen and oxygen atoms in total.